The van der Waals surface area contributed by atoms with Crippen LogP contribution < -0.4 is 24.8 Å². The smallest absolute Gasteiger partial charge is 0.308 e. The van der Waals surface area contributed by atoms with Crippen molar-refractivity contribution in [1.82, 2.24) is 25.2 Å². The third-order valence-electron chi connectivity index (χ3n) is 10.5. The van der Waals surface area contributed by atoms with E-state index < -0.39 is 80.9 Å². The number of esters is 1. The summed E-state index contributed by atoms with van der Waals surface area (Å²) in [5.41, 5.74) is 0.446. The first-order chi connectivity index (χ1) is 26.4. The molecule has 2 saturated carbocycles. The SMILES string of the molecule is COC(=O)CC1NC(=O)CCCC=CC2C[C@@]2(C(=O)NS(=O)(=O)C2CC2)NC(=O)[C@@H]2C[C@@H](Oc3cc(-c4ccccc4)nc4cc(OC)ccc34)CN2C1=O. The number of allylic oxidation sites excluding steroid dienone is 1. The highest BCUT2D eigenvalue weighted by Gasteiger charge is 2.62. The number of hydrogen-bond acceptors (Lipinski definition) is 11. The molecule has 2 unspecified atom stereocenters. The fraction of sp³-hybridized carbons (Fsp3) is 0.436. The van der Waals surface area contributed by atoms with E-state index in [9.17, 15) is 32.4 Å². The molecule has 3 heterocycles. The lowest BCUT2D eigenvalue weighted by Gasteiger charge is -2.29. The van der Waals surface area contributed by atoms with Crippen LogP contribution in [-0.2, 0) is 38.7 Å². The molecule has 2 aliphatic heterocycles. The Hall–Kier alpha value is -5.51. The quantitative estimate of drug-likeness (QED) is 0.213. The van der Waals surface area contributed by atoms with Crippen molar-refractivity contribution in [2.24, 2.45) is 5.92 Å². The van der Waals surface area contributed by atoms with Gasteiger partial charge in [-0.3, -0.25) is 28.7 Å². The van der Waals surface area contributed by atoms with Gasteiger partial charge in [0.15, 0.2) is 0 Å². The minimum absolute atomic E-state index is 0.0321. The maximum atomic E-state index is 14.4. The maximum absolute atomic E-state index is 14.4. The molecule has 0 radical (unpaired) electrons. The second-order valence-corrected chi connectivity index (χ2v) is 16.4. The molecule has 0 bridgehead atoms. The Balaban J connectivity index is 1.24. The molecule has 2 aromatic carbocycles. The van der Waals surface area contributed by atoms with E-state index in [1.807, 2.05) is 30.3 Å². The summed E-state index contributed by atoms with van der Waals surface area (Å²) in [6.45, 7) is -0.121. The normalized spacial score (nSPS) is 25.7. The number of carbonyl (C=O) groups is 5. The van der Waals surface area contributed by atoms with Crippen molar-refractivity contribution >= 4 is 50.5 Å². The summed E-state index contributed by atoms with van der Waals surface area (Å²) < 4.78 is 44.8. The van der Waals surface area contributed by atoms with Crippen molar-refractivity contribution in [3.05, 3.63) is 66.7 Å². The number of rotatable bonds is 9. The van der Waals surface area contributed by atoms with E-state index >= 15 is 0 Å². The lowest BCUT2D eigenvalue weighted by atomic mass is 10.1. The van der Waals surface area contributed by atoms with Gasteiger partial charge in [0, 0.05) is 41.8 Å². The lowest BCUT2D eigenvalue weighted by molar-refractivity contribution is -0.147. The van der Waals surface area contributed by atoms with E-state index in [-0.39, 0.29) is 25.8 Å². The number of benzene rings is 2. The topological polar surface area (TPSA) is 199 Å². The first-order valence-electron chi connectivity index (χ1n) is 18.3. The Bertz CT molecular complexity index is 2160. The average molecular weight is 774 g/mol. The Morgan fingerprint density at radius 2 is 1.84 bits per heavy atom. The lowest BCUT2D eigenvalue weighted by Crippen LogP contribution is -2.58. The van der Waals surface area contributed by atoms with Crippen LogP contribution in [0.1, 0.15) is 51.4 Å². The molecule has 0 spiro atoms. The van der Waals surface area contributed by atoms with E-state index in [0.717, 1.165) is 5.56 Å². The highest BCUT2D eigenvalue weighted by Crippen LogP contribution is 2.46. The van der Waals surface area contributed by atoms with E-state index in [4.69, 9.17) is 19.2 Å². The van der Waals surface area contributed by atoms with Gasteiger partial charge in [-0.1, -0.05) is 42.5 Å². The molecule has 2 aliphatic carbocycles. The van der Waals surface area contributed by atoms with Gasteiger partial charge in [0.2, 0.25) is 27.7 Å². The van der Waals surface area contributed by atoms with Crippen LogP contribution in [0.3, 0.4) is 0 Å². The standard InChI is InChI=1S/C39H43N5O10S/c1-52-25-13-16-28-30(17-25)40-29(23-9-5-3-6-10-23)19-33(28)54-26-18-32-36(47)42-39(38(49)43-55(50,51)27-14-15-27)21-24(39)11-7-4-8-12-34(45)41-31(20-35(46)53-2)37(48)44(32)22-26/h3,5-7,9-11,13,16-17,19,24,26-27,31-32H,4,8,12,14-15,18,20-22H2,1-2H3,(H,41,45)(H,42,47)(H,43,49)/t24?,26-,31?,32+,39-/m1/s1. The summed E-state index contributed by atoms with van der Waals surface area (Å²) in [6.07, 6.45) is 4.15. The third-order valence-corrected chi connectivity index (χ3v) is 12.3. The Morgan fingerprint density at radius 1 is 1.05 bits per heavy atom. The van der Waals surface area contributed by atoms with Crippen LogP contribution in [0.4, 0.5) is 0 Å². The summed E-state index contributed by atoms with van der Waals surface area (Å²) in [5, 5.41) is 5.47. The first-order valence-corrected chi connectivity index (χ1v) is 19.9. The number of ether oxygens (including phenoxy) is 3. The zero-order valence-corrected chi connectivity index (χ0v) is 31.3. The Morgan fingerprint density at radius 3 is 2.56 bits per heavy atom. The van der Waals surface area contributed by atoms with Crippen LogP contribution in [-0.4, -0.2) is 97.6 Å². The minimum atomic E-state index is -3.94. The number of nitrogens with one attached hydrogen (secondary N) is 3. The second kappa shape index (κ2) is 15.3. The van der Waals surface area contributed by atoms with Gasteiger partial charge < -0.3 is 29.7 Å². The van der Waals surface area contributed by atoms with Crippen molar-refractivity contribution in [2.75, 3.05) is 20.8 Å². The van der Waals surface area contributed by atoms with Gasteiger partial charge >= 0.3 is 5.97 Å². The van der Waals surface area contributed by atoms with E-state index in [2.05, 4.69) is 15.4 Å². The number of carbonyl (C=O) groups excluding carboxylic acids is 5. The van der Waals surface area contributed by atoms with Crippen molar-refractivity contribution in [3.8, 4) is 22.8 Å². The van der Waals surface area contributed by atoms with Crippen LogP contribution in [0, 0.1) is 5.92 Å². The van der Waals surface area contributed by atoms with Gasteiger partial charge in [-0.25, -0.2) is 13.4 Å². The number of nitrogens with zero attached hydrogens (tertiary/aromatic N) is 2. The van der Waals surface area contributed by atoms with Crippen LogP contribution in [0.25, 0.3) is 22.2 Å². The molecule has 7 rings (SSSR count). The molecule has 15 nitrogen and oxygen atoms in total. The molecule has 3 aromatic rings. The minimum Gasteiger partial charge on any atom is -0.497 e. The van der Waals surface area contributed by atoms with Crippen molar-refractivity contribution < 1.29 is 46.6 Å². The molecule has 55 heavy (non-hydrogen) atoms. The number of aromatic nitrogens is 1. The van der Waals surface area contributed by atoms with Gasteiger partial charge in [-0.15, -0.1) is 0 Å². The Kier molecular flexibility index (Phi) is 10.5. The number of methoxy groups -OCH3 is 2. The number of sulfonamides is 1. The van der Waals surface area contributed by atoms with Crippen LogP contribution in [0.2, 0.25) is 0 Å². The van der Waals surface area contributed by atoms with Gasteiger partial charge in [0.1, 0.15) is 35.2 Å². The highest BCUT2D eigenvalue weighted by atomic mass is 32.2. The Labute approximate surface area is 318 Å². The van der Waals surface area contributed by atoms with E-state index in [1.54, 1.807) is 43.5 Å². The fourth-order valence-corrected chi connectivity index (χ4v) is 8.60. The molecule has 1 saturated heterocycles. The monoisotopic (exact) mass is 773 g/mol. The zero-order valence-electron chi connectivity index (χ0n) is 30.5. The fourth-order valence-electron chi connectivity index (χ4n) is 7.24. The van der Waals surface area contributed by atoms with Crippen LogP contribution in [0.5, 0.6) is 11.5 Å². The molecular weight excluding hydrogens is 731 g/mol. The highest BCUT2D eigenvalue weighted by molar-refractivity contribution is 7.91. The van der Waals surface area contributed by atoms with Gasteiger partial charge in [0.05, 0.1) is 43.6 Å². The molecule has 16 heteroatoms. The molecule has 290 valence electrons. The predicted molar refractivity (Wildman–Crippen MR) is 199 cm³/mol. The maximum Gasteiger partial charge on any atom is 0.308 e. The molecule has 4 aliphatic rings. The summed E-state index contributed by atoms with van der Waals surface area (Å²) in [6, 6.07) is 14.0. The van der Waals surface area contributed by atoms with Gasteiger partial charge in [-0.2, -0.15) is 0 Å². The van der Waals surface area contributed by atoms with Crippen molar-refractivity contribution in [3.63, 3.8) is 0 Å². The second-order valence-electron chi connectivity index (χ2n) is 14.4. The number of pyridine rings is 1. The van der Waals surface area contributed by atoms with Crippen molar-refractivity contribution in [1.29, 1.82) is 0 Å². The summed E-state index contributed by atoms with van der Waals surface area (Å²) in [5.74, 6) is -2.98. The van der Waals surface area contributed by atoms with Crippen molar-refractivity contribution in [2.45, 2.75) is 80.3 Å². The predicted octanol–water partition coefficient (Wildman–Crippen LogP) is 2.53. The summed E-state index contributed by atoms with van der Waals surface area (Å²) in [7, 11) is -1.21. The van der Waals surface area contributed by atoms with Gasteiger partial charge in [0.25, 0.3) is 5.91 Å². The molecular formula is C39H43N5O10S. The molecule has 3 fully saturated rings. The van der Waals surface area contributed by atoms with Gasteiger partial charge in [-0.05, 0) is 44.2 Å². The van der Waals surface area contributed by atoms with Crippen LogP contribution in [0.15, 0.2) is 66.7 Å². The molecule has 3 N–H and O–H groups in total. The molecule has 5 atom stereocenters. The number of fused-ring (bicyclic) bond motifs is 3. The first kappa shape index (κ1) is 37.8. The molecule has 1 aromatic heterocycles. The largest absolute Gasteiger partial charge is 0.497 e. The summed E-state index contributed by atoms with van der Waals surface area (Å²) in [4.78, 5) is 74.1. The van der Waals surface area contributed by atoms with E-state index in [1.165, 1.54) is 12.0 Å². The zero-order chi connectivity index (χ0) is 38.9. The number of amides is 4. The molecule has 4 amide bonds. The third kappa shape index (κ3) is 8.14. The van der Waals surface area contributed by atoms with E-state index in [0.29, 0.717) is 53.8 Å². The average Bonchev–Trinajstić information content (AvgIpc) is 4.10. The van der Waals surface area contributed by atoms with Crippen LogP contribution >= 0.6 is 0 Å². The number of hydrogen-bond donors (Lipinski definition) is 3. The summed E-state index contributed by atoms with van der Waals surface area (Å²) >= 11 is 0.